The quantitative estimate of drug-likeness (QED) is 0.580. The van der Waals surface area contributed by atoms with Crippen molar-refractivity contribution in [1.29, 1.82) is 0 Å². The van der Waals surface area contributed by atoms with E-state index in [0.717, 1.165) is 5.56 Å². The van der Waals surface area contributed by atoms with Crippen molar-refractivity contribution in [2.75, 3.05) is 0 Å². The standard InChI is InChI=1S/C18H17NO/c1-13-5-9-15(10-6-13)18(2,3)17(20)14-7-11-16(19-4)12-8-14/h5-12H,1-3H3. The van der Waals surface area contributed by atoms with Crippen LogP contribution in [0.2, 0.25) is 0 Å². The average molecular weight is 263 g/mol. The Morgan fingerprint density at radius 1 is 1.00 bits per heavy atom. The molecule has 2 nitrogen and oxygen atoms in total. The summed E-state index contributed by atoms with van der Waals surface area (Å²) in [6, 6.07) is 14.9. The summed E-state index contributed by atoms with van der Waals surface area (Å²) in [7, 11) is 0. The molecule has 100 valence electrons. The van der Waals surface area contributed by atoms with Gasteiger partial charge in [0.1, 0.15) is 0 Å². The molecule has 2 aromatic rings. The fourth-order valence-corrected chi connectivity index (χ4v) is 2.15. The van der Waals surface area contributed by atoms with Crippen LogP contribution in [0.15, 0.2) is 48.5 Å². The lowest BCUT2D eigenvalue weighted by molar-refractivity contribution is 0.0909. The summed E-state index contributed by atoms with van der Waals surface area (Å²) in [4.78, 5) is 16.0. The smallest absolute Gasteiger partial charge is 0.187 e. The first-order valence-corrected chi connectivity index (χ1v) is 6.54. The predicted molar refractivity (Wildman–Crippen MR) is 81.2 cm³/mol. The maximum atomic E-state index is 12.7. The minimum absolute atomic E-state index is 0.0675. The summed E-state index contributed by atoms with van der Waals surface area (Å²) < 4.78 is 0. The maximum absolute atomic E-state index is 12.7. The molecule has 2 heteroatoms. The van der Waals surface area contributed by atoms with E-state index in [9.17, 15) is 4.79 Å². The zero-order chi connectivity index (χ0) is 14.8. The molecular weight excluding hydrogens is 246 g/mol. The van der Waals surface area contributed by atoms with Crippen LogP contribution < -0.4 is 0 Å². The second kappa shape index (κ2) is 5.30. The van der Waals surface area contributed by atoms with E-state index in [1.54, 1.807) is 24.3 Å². The first-order valence-electron chi connectivity index (χ1n) is 6.54. The molecule has 0 fully saturated rings. The van der Waals surface area contributed by atoms with Crippen LogP contribution in [0.1, 0.15) is 35.3 Å². The highest BCUT2D eigenvalue weighted by Crippen LogP contribution is 2.28. The summed E-state index contributed by atoms with van der Waals surface area (Å²) >= 11 is 0. The minimum Gasteiger partial charge on any atom is -0.293 e. The Morgan fingerprint density at radius 2 is 1.55 bits per heavy atom. The predicted octanol–water partition coefficient (Wildman–Crippen LogP) is 4.71. The molecule has 0 aliphatic carbocycles. The van der Waals surface area contributed by atoms with Gasteiger partial charge in [0.2, 0.25) is 0 Å². The van der Waals surface area contributed by atoms with Crippen molar-refractivity contribution in [3.05, 3.63) is 76.6 Å². The molecule has 0 radical (unpaired) electrons. The highest BCUT2D eigenvalue weighted by atomic mass is 16.1. The third kappa shape index (κ3) is 2.62. The molecule has 0 unspecified atom stereocenters. The van der Waals surface area contributed by atoms with Gasteiger partial charge in [-0.15, -0.1) is 0 Å². The van der Waals surface area contributed by atoms with Crippen LogP contribution in [0, 0.1) is 13.5 Å². The average Bonchev–Trinajstić information content (AvgIpc) is 2.47. The van der Waals surface area contributed by atoms with Gasteiger partial charge >= 0.3 is 0 Å². The largest absolute Gasteiger partial charge is 0.293 e. The van der Waals surface area contributed by atoms with E-state index in [1.165, 1.54) is 5.56 Å². The van der Waals surface area contributed by atoms with Crippen LogP contribution in [0.4, 0.5) is 5.69 Å². The lowest BCUT2D eigenvalue weighted by atomic mass is 9.78. The van der Waals surface area contributed by atoms with Crippen molar-refractivity contribution < 1.29 is 4.79 Å². The Bertz CT molecular complexity index is 658. The van der Waals surface area contributed by atoms with E-state index in [4.69, 9.17) is 6.57 Å². The number of benzene rings is 2. The maximum Gasteiger partial charge on any atom is 0.187 e. The Labute approximate surface area is 119 Å². The van der Waals surface area contributed by atoms with Crippen molar-refractivity contribution in [1.82, 2.24) is 0 Å². The summed E-state index contributed by atoms with van der Waals surface area (Å²) in [6.45, 7) is 12.8. The van der Waals surface area contributed by atoms with Crippen LogP contribution in [0.3, 0.4) is 0 Å². The summed E-state index contributed by atoms with van der Waals surface area (Å²) in [6.07, 6.45) is 0. The van der Waals surface area contributed by atoms with Gasteiger partial charge in [-0.3, -0.25) is 4.79 Å². The third-order valence-corrected chi connectivity index (χ3v) is 3.60. The Hall–Kier alpha value is -2.40. The number of ketones is 1. The first-order chi connectivity index (χ1) is 9.45. The number of carbonyl (C=O) groups is 1. The molecule has 0 N–H and O–H groups in total. The first kappa shape index (κ1) is 14.0. The van der Waals surface area contributed by atoms with E-state index in [-0.39, 0.29) is 5.78 Å². The number of Topliss-reactive ketones (excluding diaryl/α,β-unsaturated/α-hetero) is 1. The van der Waals surface area contributed by atoms with Gasteiger partial charge in [0.25, 0.3) is 0 Å². The normalized spacial score (nSPS) is 10.9. The number of hydrogen-bond acceptors (Lipinski definition) is 1. The van der Waals surface area contributed by atoms with E-state index >= 15 is 0 Å². The zero-order valence-electron chi connectivity index (χ0n) is 12.0. The fraction of sp³-hybridized carbons (Fsp3) is 0.222. The van der Waals surface area contributed by atoms with Crippen molar-refractivity contribution >= 4 is 11.5 Å². The van der Waals surface area contributed by atoms with Gasteiger partial charge in [-0.25, -0.2) is 4.85 Å². The van der Waals surface area contributed by atoms with Gasteiger partial charge in [-0.05, 0) is 26.3 Å². The zero-order valence-corrected chi connectivity index (χ0v) is 12.0. The van der Waals surface area contributed by atoms with Gasteiger partial charge in [0.05, 0.1) is 12.0 Å². The van der Waals surface area contributed by atoms with Gasteiger partial charge in [-0.2, -0.15) is 0 Å². The topological polar surface area (TPSA) is 21.4 Å². The van der Waals surface area contributed by atoms with Gasteiger partial charge in [-0.1, -0.05) is 54.1 Å². The number of carbonyl (C=O) groups excluding carboxylic acids is 1. The number of rotatable bonds is 3. The van der Waals surface area contributed by atoms with Crippen molar-refractivity contribution in [2.45, 2.75) is 26.2 Å². The lowest BCUT2D eigenvalue weighted by Crippen LogP contribution is -2.29. The summed E-state index contributed by atoms with van der Waals surface area (Å²) in [5.74, 6) is 0.0675. The van der Waals surface area contributed by atoms with Crippen molar-refractivity contribution in [2.24, 2.45) is 0 Å². The monoisotopic (exact) mass is 263 g/mol. The molecule has 2 rings (SSSR count). The Kier molecular flexibility index (Phi) is 3.72. The molecule has 0 aliphatic heterocycles. The molecule has 0 atom stereocenters. The summed E-state index contributed by atoms with van der Waals surface area (Å²) in [5.41, 5.74) is 2.80. The van der Waals surface area contributed by atoms with Gasteiger partial charge < -0.3 is 0 Å². The highest BCUT2D eigenvalue weighted by molar-refractivity contribution is 6.03. The number of aryl methyl sites for hydroxylation is 1. The van der Waals surface area contributed by atoms with Crippen LogP contribution in [0.25, 0.3) is 4.85 Å². The second-order valence-corrected chi connectivity index (χ2v) is 5.48. The molecule has 0 bridgehead atoms. The van der Waals surface area contributed by atoms with E-state index in [0.29, 0.717) is 11.3 Å². The van der Waals surface area contributed by atoms with E-state index in [2.05, 4.69) is 4.85 Å². The van der Waals surface area contributed by atoms with Crippen molar-refractivity contribution in [3.63, 3.8) is 0 Å². The van der Waals surface area contributed by atoms with E-state index in [1.807, 2.05) is 45.0 Å². The molecule has 0 saturated heterocycles. The third-order valence-electron chi connectivity index (χ3n) is 3.60. The molecule has 2 aromatic carbocycles. The van der Waals surface area contributed by atoms with Gasteiger partial charge in [0.15, 0.2) is 11.5 Å². The van der Waals surface area contributed by atoms with Crippen LogP contribution in [-0.2, 0) is 5.41 Å². The molecule has 0 aromatic heterocycles. The lowest BCUT2D eigenvalue weighted by Gasteiger charge is -2.24. The molecule has 0 amide bonds. The van der Waals surface area contributed by atoms with Crippen LogP contribution in [-0.4, -0.2) is 5.78 Å². The fourth-order valence-electron chi connectivity index (χ4n) is 2.15. The number of hydrogen-bond donors (Lipinski definition) is 0. The van der Waals surface area contributed by atoms with Crippen LogP contribution in [0.5, 0.6) is 0 Å². The van der Waals surface area contributed by atoms with Gasteiger partial charge in [0, 0.05) is 5.56 Å². The Morgan fingerprint density at radius 3 is 2.05 bits per heavy atom. The SMILES string of the molecule is [C-]#[N+]c1ccc(C(=O)C(C)(C)c2ccc(C)cc2)cc1. The van der Waals surface area contributed by atoms with E-state index < -0.39 is 5.41 Å². The highest BCUT2D eigenvalue weighted by Gasteiger charge is 2.30. The molecule has 0 saturated carbocycles. The summed E-state index contributed by atoms with van der Waals surface area (Å²) in [5, 5.41) is 0. The molecular formula is C18H17NO. The van der Waals surface area contributed by atoms with Crippen molar-refractivity contribution in [3.8, 4) is 0 Å². The second-order valence-electron chi connectivity index (χ2n) is 5.48. The molecule has 0 aliphatic rings. The minimum atomic E-state index is -0.576. The Balaban J connectivity index is 2.35. The molecule has 20 heavy (non-hydrogen) atoms. The number of nitrogens with zero attached hydrogens (tertiary/aromatic N) is 1. The van der Waals surface area contributed by atoms with Crippen LogP contribution >= 0.6 is 0 Å². The molecule has 0 heterocycles. The molecule has 0 spiro atoms.